The summed E-state index contributed by atoms with van der Waals surface area (Å²) in [6.45, 7) is 10.6. The van der Waals surface area contributed by atoms with E-state index in [1.807, 2.05) is 0 Å². The lowest BCUT2D eigenvalue weighted by atomic mass is 9.82. The Bertz CT molecular complexity index is 508. The molecule has 0 aromatic heterocycles. The molecule has 23 heavy (non-hydrogen) atoms. The van der Waals surface area contributed by atoms with E-state index in [9.17, 15) is 8.42 Å². The van der Waals surface area contributed by atoms with Gasteiger partial charge in [0.15, 0.2) is 15.8 Å². The zero-order valence-electron chi connectivity index (χ0n) is 15.1. The maximum atomic E-state index is 12.2. The minimum atomic E-state index is -3.11. The van der Waals surface area contributed by atoms with E-state index in [4.69, 9.17) is 0 Å². The minimum Gasteiger partial charge on any atom is -0.357 e. The van der Waals surface area contributed by atoms with Gasteiger partial charge in [-0.15, -0.1) is 0 Å². The van der Waals surface area contributed by atoms with E-state index in [1.165, 1.54) is 25.7 Å². The maximum absolute atomic E-state index is 12.2. The number of likely N-dealkylation sites (tertiary alicyclic amines) is 1. The summed E-state index contributed by atoms with van der Waals surface area (Å²) in [5.41, 5.74) is 0. The Kier molecular flexibility index (Phi) is 5.98. The fraction of sp³-hybridized carbons (Fsp3) is 0.941. The van der Waals surface area contributed by atoms with Gasteiger partial charge in [0.05, 0.1) is 17.0 Å². The molecule has 1 aliphatic carbocycles. The summed E-state index contributed by atoms with van der Waals surface area (Å²) in [7, 11) is -3.11. The van der Waals surface area contributed by atoms with Crippen LogP contribution >= 0.6 is 0 Å². The Morgan fingerprint density at radius 2 is 1.74 bits per heavy atom. The van der Waals surface area contributed by atoms with Crippen molar-refractivity contribution in [2.75, 3.05) is 31.9 Å². The number of nitrogens with one attached hydrogen (secondary N) is 1. The number of guanidine groups is 1. The van der Waals surface area contributed by atoms with Crippen molar-refractivity contribution in [2.45, 2.75) is 58.1 Å². The van der Waals surface area contributed by atoms with Crippen molar-refractivity contribution in [1.82, 2.24) is 10.2 Å². The van der Waals surface area contributed by atoms with Crippen LogP contribution in [0, 0.1) is 11.8 Å². The van der Waals surface area contributed by atoms with Gasteiger partial charge in [-0.25, -0.2) is 8.42 Å². The highest BCUT2D eigenvalue weighted by Gasteiger charge is 2.35. The summed E-state index contributed by atoms with van der Waals surface area (Å²) in [5, 5.41) is 3.34. The van der Waals surface area contributed by atoms with Crippen LogP contribution in [0.2, 0.25) is 0 Å². The fourth-order valence-corrected chi connectivity index (χ4v) is 4.53. The molecular weight excluding hydrogens is 310 g/mol. The van der Waals surface area contributed by atoms with Crippen molar-refractivity contribution >= 4 is 15.8 Å². The molecule has 1 heterocycles. The van der Waals surface area contributed by atoms with Gasteiger partial charge in [0.1, 0.15) is 0 Å². The van der Waals surface area contributed by atoms with Gasteiger partial charge in [0, 0.05) is 19.6 Å². The summed E-state index contributed by atoms with van der Waals surface area (Å²) < 4.78 is 23.7. The molecule has 0 bridgehead atoms. The quantitative estimate of drug-likeness (QED) is 0.628. The lowest BCUT2D eigenvalue weighted by molar-refractivity contribution is 0.299. The zero-order valence-corrected chi connectivity index (χ0v) is 16.0. The highest BCUT2D eigenvalue weighted by Crippen LogP contribution is 2.35. The van der Waals surface area contributed by atoms with Gasteiger partial charge < -0.3 is 10.2 Å². The predicted molar refractivity (Wildman–Crippen MR) is 96.5 cm³/mol. The Morgan fingerprint density at radius 3 is 2.22 bits per heavy atom. The van der Waals surface area contributed by atoms with Crippen LogP contribution in [0.15, 0.2) is 4.99 Å². The lowest BCUT2D eigenvalue weighted by Crippen LogP contribution is -2.41. The van der Waals surface area contributed by atoms with E-state index in [-0.39, 0.29) is 5.75 Å². The third-order valence-electron chi connectivity index (χ3n) is 5.17. The predicted octanol–water partition coefficient (Wildman–Crippen LogP) is 2.29. The number of aliphatic imine (C=N–C) groups is 1. The fourth-order valence-electron chi connectivity index (χ4n) is 3.58. The molecule has 0 aromatic rings. The Balaban J connectivity index is 1.98. The first kappa shape index (κ1) is 18.6. The van der Waals surface area contributed by atoms with Crippen molar-refractivity contribution in [3.8, 4) is 0 Å². The molecule has 1 saturated carbocycles. The first-order valence-electron chi connectivity index (χ1n) is 9.00. The molecule has 0 amide bonds. The Hall–Kier alpha value is -0.780. The van der Waals surface area contributed by atoms with Crippen LogP contribution in [0.5, 0.6) is 0 Å². The zero-order chi connectivity index (χ0) is 17.1. The Morgan fingerprint density at radius 1 is 1.17 bits per heavy atom. The molecule has 134 valence electrons. The van der Waals surface area contributed by atoms with Crippen LogP contribution < -0.4 is 5.32 Å². The van der Waals surface area contributed by atoms with E-state index in [0.717, 1.165) is 37.4 Å². The first-order valence-corrected chi connectivity index (χ1v) is 10.7. The molecule has 2 atom stereocenters. The molecule has 1 aliphatic heterocycles. The van der Waals surface area contributed by atoms with Crippen LogP contribution in [0.1, 0.15) is 53.4 Å². The second-order valence-corrected chi connectivity index (χ2v) is 10.7. The van der Waals surface area contributed by atoms with Crippen molar-refractivity contribution in [3.05, 3.63) is 0 Å². The molecule has 6 heteroatoms. The standard InChI is InChI=1S/C17H33N3O2S/c1-5-18-16(19-10-11-23(21,22)17(2,3)4)20-12-14-8-6-7-9-15(14)13-20/h14-15H,5-13H2,1-4H3,(H,18,19). The van der Waals surface area contributed by atoms with E-state index < -0.39 is 14.6 Å². The van der Waals surface area contributed by atoms with Crippen LogP contribution in [-0.2, 0) is 9.84 Å². The van der Waals surface area contributed by atoms with Crippen LogP contribution in [0.25, 0.3) is 0 Å². The highest BCUT2D eigenvalue weighted by molar-refractivity contribution is 7.92. The second-order valence-electron chi connectivity index (χ2n) is 7.88. The third kappa shape index (κ3) is 4.61. The average molecular weight is 344 g/mol. The van der Waals surface area contributed by atoms with Crippen molar-refractivity contribution in [1.29, 1.82) is 0 Å². The minimum absolute atomic E-state index is 0.117. The van der Waals surface area contributed by atoms with Gasteiger partial charge in [-0.1, -0.05) is 12.8 Å². The van der Waals surface area contributed by atoms with E-state index in [2.05, 4.69) is 22.1 Å². The number of fused-ring (bicyclic) bond motifs is 1. The molecule has 5 nitrogen and oxygen atoms in total. The second kappa shape index (κ2) is 7.41. The van der Waals surface area contributed by atoms with Gasteiger partial charge in [-0.3, -0.25) is 4.99 Å². The SMILES string of the molecule is CCNC(=NCCS(=O)(=O)C(C)(C)C)N1CC2CCCCC2C1. The normalized spacial score (nSPS) is 26.3. The maximum Gasteiger partial charge on any atom is 0.193 e. The van der Waals surface area contributed by atoms with Gasteiger partial charge in [-0.2, -0.15) is 0 Å². The van der Waals surface area contributed by atoms with Gasteiger partial charge in [0.25, 0.3) is 0 Å². The van der Waals surface area contributed by atoms with Gasteiger partial charge in [0.2, 0.25) is 0 Å². The molecule has 2 rings (SSSR count). The number of sulfone groups is 1. The van der Waals surface area contributed by atoms with Crippen LogP contribution in [-0.4, -0.2) is 56.0 Å². The third-order valence-corrected chi connectivity index (χ3v) is 7.75. The van der Waals surface area contributed by atoms with Gasteiger partial charge >= 0.3 is 0 Å². The topological polar surface area (TPSA) is 61.8 Å². The lowest BCUT2D eigenvalue weighted by Gasteiger charge is -2.22. The monoisotopic (exact) mass is 343 g/mol. The molecule has 1 saturated heterocycles. The summed E-state index contributed by atoms with van der Waals surface area (Å²) in [4.78, 5) is 6.95. The van der Waals surface area contributed by atoms with E-state index in [1.54, 1.807) is 20.8 Å². The summed E-state index contributed by atoms with van der Waals surface area (Å²) in [6, 6.07) is 0. The highest BCUT2D eigenvalue weighted by atomic mass is 32.2. The first-order chi connectivity index (χ1) is 10.7. The molecule has 1 N–H and O–H groups in total. The molecule has 0 radical (unpaired) electrons. The van der Waals surface area contributed by atoms with Crippen molar-refractivity contribution in [2.24, 2.45) is 16.8 Å². The molecule has 2 unspecified atom stereocenters. The number of hydrogen-bond acceptors (Lipinski definition) is 3. The smallest absolute Gasteiger partial charge is 0.193 e. The summed E-state index contributed by atoms with van der Waals surface area (Å²) in [5.74, 6) is 2.61. The number of nitrogens with zero attached hydrogens (tertiary/aromatic N) is 2. The molecule has 0 aromatic carbocycles. The summed E-state index contributed by atoms with van der Waals surface area (Å²) >= 11 is 0. The van der Waals surface area contributed by atoms with Crippen molar-refractivity contribution in [3.63, 3.8) is 0 Å². The molecular formula is C17H33N3O2S. The van der Waals surface area contributed by atoms with Crippen molar-refractivity contribution < 1.29 is 8.42 Å². The molecule has 0 spiro atoms. The Labute approximate surface area is 141 Å². The largest absolute Gasteiger partial charge is 0.357 e. The number of rotatable bonds is 4. The van der Waals surface area contributed by atoms with E-state index >= 15 is 0 Å². The molecule has 2 aliphatic rings. The van der Waals surface area contributed by atoms with Crippen LogP contribution in [0.4, 0.5) is 0 Å². The molecule has 2 fully saturated rings. The van der Waals surface area contributed by atoms with Gasteiger partial charge in [-0.05, 0) is 52.4 Å². The van der Waals surface area contributed by atoms with Crippen LogP contribution in [0.3, 0.4) is 0 Å². The van der Waals surface area contributed by atoms with E-state index in [0.29, 0.717) is 6.54 Å². The average Bonchev–Trinajstić information content (AvgIpc) is 2.88. The summed E-state index contributed by atoms with van der Waals surface area (Å²) in [6.07, 6.45) is 5.37. The number of hydrogen-bond donors (Lipinski definition) is 1.